The summed E-state index contributed by atoms with van der Waals surface area (Å²) in [5, 5.41) is 0. The van der Waals surface area contributed by atoms with Gasteiger partial charge in [-0.25, -0.2) is 0 Å². The van der Waals surface area contributed by atoms with Crippen LogP contribution in [0.25, 0.3) is 0 Å². The van der Waals surface area contributed by atoms with Gasteiger partial charge in [-0.1, -0.05) is 27.7 Å². The van der Waals surface area contributed by atoms with Gasteiger partial charge in [0.05, 0.1) is 0 Å². The highest BCUT2D eigenvalue weighted by atomic mass is 16.2. The number of aromatic amines is 2. The van der Waals surface area contributed by atoms with E-state index < -0.39 is 0 Å². The van der Waals surface area contributed by atoms with Crippen LogP contribution in [0.1, 0.15) is 59.8 Å². The standard InChI is InChI=1S/C24H32N4O4/c1-15(2)9-19-11-17(13-21(29)25-19)23(31)27-5-7-28(8-6-27)24(32)18-12-20(10-16(3)4)26-22(30)14-18/h11-16H,5-10H2,1-4H3,(H,25,29)(H,26,30). The normalized spacial score (nSPS) is 14.3. The van der Waals surface area contributed by atoms with Crippen LogP contribution in [-0.4, -0.2) is 57.8 Å². The highest BCUT2D eigenvalue weighted by Crippen LogP contribution is 2.14. The lowest BCUT2D eigenvalue weighted by molar-refractivity contribution is 0.0535. The second-order valence-corrected chi connectivity index (χ2v) is 9.30. The van der Waals surface area contributed by atoms with Crippen molar-refractivity contribution in [2.45, 2.75) is 40.5 Å². The van der Waals surface area contributed by atoms with Crippen LogP contribution in [-0.2, 0) is 12.8 Å². The van der Waals surface area contributed by atoms with E-state index in [0.717, 1.165) is 11.4 Å². The SMILES string of the molecule is CC(C)Cc1cc(C(=O)N2CCN(C(=O)c3cc(CC(C)C)[nH]c(=O)c3)CC2)cc(=O)[nH]1. The first-order valence-corrected chi connectivity index (χ1v) is 11.2. The van der Waals surface area contributed by atoms with Crippen molar-refractivity contribution in [3.8, 4) is 0 Å². The number of aromatic nitrogens is 2. The Labute approximate surface area is 187 Å². The van der Waals surface area contributed by atoms with E-state index in [2.05, 4.69) is 37.7 Å². The van der Waals surface area contributed by atoms with Crippen molar-refractivity contribution in [2.75, 3.05) is 26.2 Å². The lowest BCUT2D eigenvalue weighted by atomic mass is 10.1. The fourth-order valence-electron chi connectivity index (χ4n) is 4.03. The van der Waals surface area contributed by atoms with Gasteiger partial charge < -0.3 is 19.8 Å². The molecule has 3 heterocycles. The van der Waals surface area contributed by atoms with Gasteiger partial charge in [0.25, 0.3) is 11.8 Å². The maximum Gasteiger partial charge on any atom is 0.254 e. The van der Waals surface area contributed by atoms with E-state index in [9.17, 15) is 19.2 Å². The monoisotopic (exact) mass is 440 g/mol. The highest BCUT2D eigenvalue weighted by molar-refractivity contribution is 5.96. The summed E-state index contributed by atoms with van der Waals surface area (Å²) in [5.74, 6) is 0.306. The first-order valence-electron chi connectivity index (χ1n) is 11.2. The van der Waals surface area contributed by atoms with Crippen LogP contribution in [0.3, 0.4) is 0 Å². The molecular weight excluding hydrogens is 408 g/mol. The number of hydrogen-bond acceptors (Lipinski definition) is 4. The molecule has 8 heteroatoms. The molecule has 0 bridgehead atoms. The van der Waals surface area contributed by atoms with Gasteiger partial charge in [0.1, 0.15) is 0 Å². The van der Waals surface area contributed by atoms with Crippen molar-refractivity contribution >= 4 is 11.8 Å². The molecule has 3 rings (SSSR count). The summed E-state index contributed by atoms with van der Waals surface area (Å²) in [7, 11) is 0. The number of hydrogen-bond donors (Lipinski definition) is 2. The number of rotatable bonds is 6. The fourth-order valence-corrected chi connectivity index (χ4v) is 4.03. The minimum atomic E-state index is -0.285. The highest BCUT2D eigenvalue weighted by Gasteiger charge is 2.26. The van der Waals surface area contributed by atoms with E-state index in [-0.39, 0.29) is 22.9 Å². The number of piperazine rings is 1. The molecule has 2 aromatic heterocycles. The van der Waals surface area contributed by atoms with Crippen LogP contribution < -0.4 is 11.1 Å². The number of nitrogens with zero attached hydrogens (tertiary/aromatic N) is 2. The van der Waals surface area contributed by atoms with Gasteiger partial charge in [-0.05, 0) is 36.8 Å². The predicted octanol–water partition coefficient (Wildman–Crippen LogP) is 2.06. The zero-order valence-electron chi connectivity index (χ0n) is 19.2. The summed E-state index contributed by atoms with van der Waals surface area (Å²) in [4.78, 5) is 58.8. The molecule has 1 fully saturated rings. The lowest BCUT2D eigenvalue weighted by Gasteiger charge is -2.35. The van der Waals surface area contributed by atoms with Crippen molar-refractivity contribution < 1.29 is 9.59 Å². The Bertz CT molecular complexity index is 1000. The Kier molecular flexibility index (Phi) is 7.33. The van der Waals surface area contributed by atoms with Crippen LogP contribution in [0.4, 0.5) is 0 Å². The zero-order chi connectivity index (χ0) is 23.4. The van der Waals surface area contributed by atoms with Crippen molar-refractivity contribution in [1.82, 2.24) is 19.8 Å². The Balaban J connectivity index is 1.68. The molecule has 0 atom stereocenters. The van der Waals surface area contributed by atoms with Crippen LogP contribution in [0, 0.1) is 11.8 Å². The molecule has 0 aromatic carbocycles. The van der Waals surface area contributed by atoms with E-state index in [1.165, 1.54) is 12.1 Å². The largest absolute Gasteiger partial charge is 0.335 e. The van der Waals surface area contributed by atoms with E-state index in [1.807, 2.05) is 0 Å². The number of nitrogens with one attached hydrogen (secondary N) is 2. The Morgan fingerprint density at radius 1 is 0.719 bits per heavy atom. The summed E-state index contributed by atoms with van der Waals surface area (Å²) in [5.41, 5.74) is 1.67. The molecule has 2 aromatic rings. The molecule has 0 saturated carbocycles. The zero-order valence-corrected chi connectivity index (χ0v) is 19.2. The smallest absolute Gasteiger partial charge is 0.254 e. The molecule has 0 aliphatic carbocycles. The third-order valence-corrected chi connectivity index (χ3v) is 5.40. The van der Waals surface area contributed by atoms with E-state index >= 15 is 0 Å². The number of carbonyl (C=O) groups is 2. The minimum absolute atomic E-state index is 0.205. The van der Waals surface area contributed by atoms with Crippen LogP contribution in [0.2, 0.25) is 0 Å². The van der Waals surface area contributed by atoms with Crippen molar-refractivity contribution in [2.24, 2.45) is 11.8 Å². The molecular formula is C24H32N4O4. The second-order valence-electron chi connectivity index (χ2n) is 9.30. The number of carbonyl (C=O) groups excluding carboxylic acids is 2. The lowest BCUT2D eigenvalue weighted by Crippen LogP contribution is -2.50. The summed E-state index contributed by atoms with van der Waals surface area (Å²) in [6, 6.07) is 6.15. The fraction of sp³-hybridized carbons (Fsp3) is 0.500. The molecule has 32 heavy (non-hydrogen) atoms. The maximum absolute atomic E-state index is 13.0. The van der Waals surface area contributed by atoms with E-state index in [1.54, 1.807) is 21.9 Å². The number of H-pyrrole nitrogens is 2. The first kappa shape index (κ1) is 23.5. The van der Waals surface area contributed by atoms with Gasteiger partial charge in [-0.3, -0.25) is 19.2 Å². The third kappa shape index (κ3) is 5.96. The second kappa shape index (κ2) is 9.97. The van der Waals surface area contributed by atoms with Crippen molar-refractivity contribution in [1.29, 1.82) is 0 Å². The molecule has 8 nitrogen and oxygen atoms in total. The molecule has 2 N–H and O–H groups in total. The molecule has 172 valence electrons. The predicted molar refractivity (Wildman–Crippen MR) is 123 cm³/mol. The number of pyridine rings is 2. The van der Waals surface area contributed by atoms with Gasteiger partial charge >= 0.3 is 0 Å². The maximum atomic E-state index is 13.0. The van der Waals surface area contributed by atoms with Gasteiger partial charge in [0.2, 0.25) is 11.1 Å². The van der Waals surface area contributed by atoms with Gasteiger partial charge in [0.15, 0.2) is 0 Å². The van der Waals surface area contributed by atoms with E-state index in [0.29, 0.717) is 62.0 Å². The van der Waals surface area contributed by atoms with Gasteiger partial charge in [0, 0.05) is 60.8 Å². The number of amides is 2. The minimum Gasteiger partial charge on any atom is -0.335 e. The summed E-state index contributed by atoms with van der Waals surface area (Å²) < 4.78 is 0. The Morgan fingerprint density at radius 3 is 1.38 bits per heavy atom. The average molecular weight is 441 g/mol. The first-order chi connectivity index (χ1) is 15.1. The quantitative estimate of drug-likeness (QED) is 0.717. The van der Waals surface area contributed by atoms with Crippen LogP contribution in [0.15, 0.2) is 33.9 Å². The molecule has 0 unspecified atom stereocenters. The van der Waals surface area contributed by atoms with Crippen LogP contribution >= 0.6 is 0 Å². The van der Waals surface area contributed by atoms with Crippen LogP contribution in [0.5, 0.6) is 0 Å². The Hall–Kier alpha value is -3.16. The molecule has 1 aliphatic heterocycles. The average Bonchev–Trinajstić information content (AvgIpc) is 2.71. The summed E-state index contributed by atoms with van der Waals surface area (Å²) in [6.45, 7) is 9.70. The van der Waals surface area contributed by atoms with E-state index in [4.69, 9.17) is 0 Å². The molecule has 0 radical (unpaired) electrons. The van der Waals surface area contributed by atoms with Gasteiger partial charge in [-0.2, -0.15) is 0 Å². The Morgan fingerprint density at radius 2 is 1.06 bits per heavy atom. The van der Waals surface area contributed by atoms with Crippen molar-refractivity contribution in [3.63, 3.8) is 0 Å². The molecule has 1 aliphatic rings. The van der Waals surface area contributed by atoms with Gasteiger partial charge in [-0.15, -0.1) is 0 Å². The summed E-state index contributed by atoms with van der Waals surface area (Å²) in [6.07, 6.45) is 1.38. The summed E-state index contributed by atoms with van der Waals surface area (Å²) >= 11 is 0. The third-order valence-electron chi connectivity index (χ3n) is 5.40. The molecule has 2 amide bonds. The molecule has 0 spiro atoms. The van der Waals surface area contributed by atoms with Crippen molar-refractivity contribution in [3.05, 3.63) is 67.5 Å². The molecule has 1 saturated heterocycles. The topological polar surface area (TPSA) is 106 Å².